The van der Waals surface area contributed by atoms with Gasteiger partial charge in [0.15, 0.2) is 18.1 Å². The van der Waals surface area contributed by atoms with E-state index in [9.17, 15) is 4.79 Å². The third-order valence-corrected chi connectivity index (χ3v) is 4.96. The lowest BCUT2D eigenvalue weighted by molar-refractivity contribution is -0.123. The van der Waals surface area contributed by atoms with Crippen LogP contribution in [0.5, 0.6) is 17.2 Å². The second kappa shape index (κ2) is 11.4. The molecule has 0 aliphatic rings. The number of nitrogens with one attached hydrogen (secondary N) is 1. The average molecular weight is 504 g/mol. The minimum absolute atomic E-state index is 0.147. The number of nitrogens with zero attached hydrogens (tertiary/aromatic N) is 1. The van der Waals surface area contributed by atoms with Crippen molar-refractivity contribution in [3.63, 3.8) is 0 Å². The van der Waals surface area contributed by atoms with E-state index < -0.39 is 0 Å². The number of benzene rings is 3. The van der Waals surface area contributed by atoms with E-state index in [1.54, 1.807) is 37.4 Å². The summed E-state index contributed by atoms with van der Waals surface area (Å²) in [6.07, 6.45) is 1.51. The molecule has 6 nitrogen and oxygen atoms in total. The zero-order chi connectivity index (χ0) is 22.1. The van der Waals surface area contributed by atoms with E-state index in [4.69, 9.17) is 25.8 Å². The van der Waals surface area contributed by atoms with Gasteiger partial charge in [0.1, 0.15) is 12.4 Å². The SMILES string of the molecule is COc1cc(/C=N/NC(=O)COc2cccc(Br)c2)ccc1OCc1ccccc1Cl. The molecular formula is C23H20BrClN2O4. The highest BCUT2D eigenvalue weighted by Crippen LogP contribution is 2.29. The summed E-state index contributed by atoms with van der Waals surface area (Å²) in [5.41, 5.74) is 4.04. The van der Waals surface area contributed by atoms with Gasteiger partial charge in [0.25, 0.3) is 5.91 Å². The monoisotopic (exact) mass is 502 g/mol. The predicted molar refractivity (Wildman–Crippen MR) is 124 cm³/mol. The van der Waals surface area contributed by atoms with E-state index in [1.165, 1.54) is 6.21 Å². The molecule has 31 heavy (non-hydrogen) atoms. The van der Waals surface area contributed by atoms with Crippen LogP contribution in [0, 0.1) is 0 Å². The molecule has 0 heterocycles. The minimum atomic E-state index is -0.372. The number of hydrazone groups is 1. The standard InChI is InChI=1S/C23H20BrClN2O4/c1-29-22-11-16(9-10-21(22)31-14-17-5-2-3-8-20(17)25)13-26-27-23(28)15-30-19-7-4-6-18(24)12-19/h2-13H,14-15H2,1H3,(H,27,28)/b26-13+. The van der Waals surface area contributed by atoms with Gasteiger partial charge < -0.3 is 14.2 Å². The molecule has 8 heteroatoms. The van der Waals surface area contributed by atoms with Crippen molar-refractivity contribution in [2.75, 3.05) is 13.7 Å². The van der Waals surface area contributed by atoms with Crippen molar-refractivity contribution in [1.82, 2.24) is 5.43 Å². The minimum Gasteiger partial charge on any atom is -0.493 e. The Bertz CT molecular complexity index is 1070. The average Bonchev–Trinajstić information content (AvgIpc) is 2.77. The van der Waals surface area contributed by atoms with Crippen molar-refractivity contribution in [3.8, 4) is 17.2 Å². The largest absolute Gasteiger partial charge is 0.493 e. The van der Waals surface area contributed by atoms with Crippen LogP contribution in [0.15, 0.2) is 76.3 Å². The zero-order valence-corrected chi connectivity index (χ0v) is 19.0. The van der Waals surface area contributed by atoms with Crippen LogP contribution in [0.2, 0.25) is 5.02 Å². The third-order valence-electron chi connectivity index (χ3n) is 4.10. The Balaban J connectivity index is 1.53. The summed E-state index contributed by atoms with van der Waals surface area (Å²) >= 11 is 9.51. The van der Waals surface area contributed by atoms with Crippen molar-refractivity contribution < 1.29 is 19.0 Å². The molecule has 3 rings (SSSR count). The summed E-state index contributed by atoms with van der Waals surface area (Å²) in [5, 5.41) is 4.60. The highest BCUT2D eigenvalue weighted by Gasteiger charge is 2.07. The topological polar surface area (TPSA) is 69.2 Å². The second-order valence-corrected chi connectivity index (χ2v) is 7.65. The Morgan fingerprint density at radius 1 is 1.06 bits per heavy atom. The summed E-state index contributed by atoms with van der Waals surface area (Å²) in [5.74, 6) is 1.33. The Morgan fingerprint density at radius 2 is 1.90 bits per heavy atom. The smallest absolute Gasteiger partial charge is 0.277 e. The van der Waals surface area contributed by atoms with E-state index in [1.807, 2.05) is 36.4 Å². The van der Waals surface area contributed by atoms with E-state index in [2.05, 4.69) is 26.5 Å². The summed E-state index contributed by atoms with van der Waals surface area (Å²) < 4.78 is 17.5. The first-order valence-electron chi connectivity index (χ1n) is 9.29. The molecule has 0 aliphatic carbocycles. The van der Waals surface area contributed by atoms with Crippen molar-refractivity contribution in [3.05, 3.63) is 87.4 Å². The quantitative estimate of drug-likeness (QED) is 0.321. The molecule has 0 fully saturated rings. The second-order valence-electron chi connectivity index (χ2n) is 6.33. The molecule has 0 saturated heterocycles. The van der Waals surface area contributed by atoms with Gasteiger partial charge in [0, 0.05) is 15.1 Å². The molecule has 1 amide bonds. The Kier molecular flexibility index (Phi) is 8.32. The molecule has 0 spiro atoms. The van der Waals surface area contributed by atoms with Gasteiger partial charge in [-0.3, -0.25) is 4.79 Å². The lowest BCUT2D eigenvalue weighted by Gasteiger charge is -2.12. The maximum atomic E-state index is 11.9. The maximum absolute atomic E-state index is 11.9. The number of hydrogen-bond donors (Lipinski definition) is 1. The number of hydrogen-bond acceptors (Lipinski definition) is 5. The van der Waals surface area contributed by atoms with Crippen LogP contribution in [-0.2, 0) is 11.4 Å². The zero-order valence-electron chi connectivity index (χ0n) is 16.7. The van der Waals surface area contributed by atoms with E-state index in [0.29, 0.717) is 28.9 Å². The molecule has 0 saturated carbocycles. The molecule has 3 aromatic rings. The molecule has 0 atom stereocenters. The van der Waals surface area contributed by atoms with E-state index in [0.717, 1.165) is 15.6 Å². The summed E-state index contributed by atoms with van der Waals surface area (Å²) in [4.78, 5) is 11.9. The molecule has 0 aromatic heterocycles. The van der Waals surface area contributed by atoms with Gasteiger partial charge in [-0.05, 0) is 48.0 Å². The molecule has 160 valence electrons. The fraction of sp³-hybridized carbons (Fsp3) is 0.130. The van der Waals surface area contributed by atoms with Crippen LogP contribution in [-0.4, -0.2) is 25.8 Å². The van der Waals surface area contributed by atoms with Gasteiger partial charge in [-0.15, -0.1) is 0 Å². The molecule has 0 radical (unpaired) electrons. The normalized spacial score (nSPS) is 10.7. The van der Waals surface area contributed by atoms with Crippen LogP contribution in [0.4, 0.5) is 0 Å². The number of carbonyl (C=O) groups is 1. The number of rotatable bonds is 9. The van der Waals surface area contributed by atoms with Crippen LogP contribution in [0.1, 0.15) is 11.1 Å². The third kappa shape index (κ3) is 7.01. The van der Waals surface area contributed by atoms with Crippen molar-refractivity contribution in [2.45, 2.75) is 6.61 Å². The Morgan fingerprint density at radius 3 is 2.68 bits per heavy atom. The van der Waals surface area contributed by atoms with Crippen molar-refractivity contribution in [1.29, 1.82) is 0 Å². The predicted octanol–water partition coefficient (Wildman–Crippen LogP) is 5.22. The highest BCUT2D eigenvalue weighted by atomic mass is 79.9. The van der Waals surface area contributed by atoms with Crippen LogP contribution in [0.3, 0.4) is 0 Å². The fourth-order valence-electron chi connectivity index (χ4n) is 2.57. The summed E-state index contributed by atoms with van der Waals surface area (Å²) in [7, 11) is 1.56. The number of carbonyl (C=O) groups excluding carboxylic acids is 1. The summed E-state index contributed by atoms with van der Waals surface area (Å²) in [6, 6.07) is 20.1. The number of amides is 1. The first-order chi connectivity index (χ1) is 15.0. The first-order valence-corrected chi connectivity index (χ1v) is 10.5. The van der Waals surface area contributed by atoms with Gasteiger partial charge in [-0.1, -0.05) is 51.8 Å². The lowest BCUT2D eigenvalue weighted by Crippen LogP contribution is -2.24. The lowest BCUT2D eigenvalue weighted by atomic mass is 10.2. The van der Waals surface area contributed by atoms with Crippen LogP contribution in [0.25, 0.3) is 0 Å². The van der Waals surface area contributed by atoms with E-state index in [-0.39, 0.29) is 12.5 Å². The molecular weight excluding hydrogens is 484 g/mol. The van der Waals surface area contributed by atoms with Crippen molar-refractivity contribution >= 4 is 39.7 Å². The number of methoxy groups -OCH3 is 1. The van der Waals surface area contributed by atoms with E-state index >= 15 is 0 Å². The molecule has 0 aliphatic heterocycles. The molecule has 0 unspecified atom stereocenters. The molecule has 1 N–H and O–H groups in total. The molecule has 3 aromatic carbocycles. The van der Waals surface area contributed by atoms with Gasteiger partial charge in [0.05, 0.1) is 13.3 Å². The number of halogens is 2. The van der Waals surface area contributed by atoms with Gasteiger partial charge in [-0.25, -0.2) is 5.43 Å². The maximum Gasteiger partial charge on any atom is 0.277 e. The molecule has 0 bridgehead atoms. The highest BCUT2D eigenvalue weighted by molar-refractivity contribution is 9.10. The first kappa shape index (κ1) is 22.7. The van der Waals surface area contributed by atoms with Crippen LogP contribution < -0.4 is 19.6 Å². The van der Waals surface area contributed by atoms with Gasteiger partial charge in [0.2, 0.25) is 0 Å². The Labute approximate surface area is 193 Å². The van der Waals surface area contributed by atoms with Crippen LogP contribution >= 0.6 is 27.5 Å². The van der Waals surface area contributed by atoms with Gasteiger partial charge in [-0.2, -0.15) is 5.10 Å². The van der Waals surface area contributed by atoms with Crippen molar-refractivity contribution in [2.24, 2.45) is 5.10 Å². The number of ether oxygens (including phenoxy) is 3. The fourth-order valence-corrected chi connectivity index (χ4v) is 3.14. The summed E-state index contributed by atoms with van der Waals surface area (Å²) in [6.45, 7) is 0.170. The Hall–Kier alpha value is -3.03. The van der Waals surface area contributed by atoms with Gasteiger partial charge >= 0.3 is 0 Å².